The summed E-state index contributed by atoms with van der Waals surface area (Å²) >= 11 is 2.83. The zero-order chi connectivity index (χ0) is 33.9. The fourth-order valence-electron chi connectivity index (χ4n) is 7.81. The molecule has 4 aromatic rings. The van der Waals surface area contributed by atoms with Crippen LogP contribution in [0.5, 0.6) is 0 Å². The highest BCUT2D eigenvalue weighted by Gasteiger charge is 2.48. The zero-order valence-electron chi connectivity index (χ0n) is 27.8. The summed E-state index contributed by atoms with van der Waals surface area (Å²) in [4.78, 5) is 28.4. The number of rotatable bonds is 6. The van der Waals surface area contributed by atoms with Crippen LogP contribution in [0.3, 0.4) is 0 Å². The van der Waals surface area contributed by atoms with Crippen molar-refractivity contribution < 1.29 is 29.0 Å². The summed E-state index contributed by atoms with van der Waals surface area (Å²) < 4.78 is 6.22. The largest absolute Gasteiger partial charge is 0.506 e. The number of para-hydroxylation sites is 2. The third kappa shape index (κ3) is 4.02. The van der Waals surface area contributed by atoms with E-state index in [0.29, 0.717) is 32.0 Å². The van der Waals surface area contributed by atoms with E-state index in [1.807, 2.05) is 48.6 Å². The van der Waals surface area contributed by atoms with Gasteiger partial charge >= 0.3 is 0 Å². The van der Waals surface area contributed by atoms with Gasteiger partial charge in [0.1, 0.15) is 24.6 Å². The lowest BCUT2D eigenvalue weighted by atomic mass is 9.78. The topological polar surface area (TPSA) is 80.6 Å². The lowest BCUT2D eigenvalue weighted by Crippen LogP contribution is -2.30. The van der Waals surface area contributed by atoms with Crippen LogP contribution in [0.25, 0.3) is 20.5 Å². The summed E-state index contributed by atoms with van der Waals surface area (Å²) in [6.07, 6.45) is 3.70. The Morgan fingerprint density at radius 1 is 0.646 bits per heavy atom. The number of fused-ring (bicyclic) bond motifs is 3. The van der Waals surface area contributed by atoms with E-state index >= 15 is 0 Å². The maximum absolute atomic E-state index is 13.5. The Balaban J connectivity index is 1.10. The van der Waals surface area contributed by atoms with Gasteiger partial charge < -0.3 is 10.2 Å². The first-order valence-electron chi connectivity index (χ1n) is 16.3. The molecule has 8 heteroatoms. The number of allylic oxidation sites excluding steroid dienone is 6. The molecule has 2 aromatic heterocycles. The molecule has 0 unspecified atom stereocenters. The van der Waals surface area contributed by atoms with Gasteiger partial charge in [-0.3, -0.25) is 9.59 Å². The quantitative estimate of drug-likeness (QED) is 0.159. The number of nitrogens with zero attached hydrogens (tertiary/aromatic N) is 2. The minimum atomic E-state index is -0.307. The van der Waals surface area contributed by atoms with Gasteiger partial charge in [-0.05, 0) is 53.7 Å². The van der Waals surface area contributed by atoms with Gasteiger partial charge in [0.2, 0.25) is 22.9 Å². The molecule has 2 N–H and O–H groups in total. The Bertz CT molecular complexity index is 2170. The van der Waals surface area contributed by atoms with Gasteiger partial charge in [-0.15, -0.1) is 22.7 Å². The number of benzene rings is 2. The van der Waals surface area contributed by atoms with Crippen LogP contribution in [0.15, 0.2) is 95.5 Å². The van der Waals surface area contributed by atoms with E-state index in [9.17, 15) is 19.8 Å². The summed E-state index contributed by atoms with van der Waals surface area (Å²) in [5.41, 5.74) is 7.36. The Kier molecular flexibility index (Phi) is 6.65. The molecule has 240 valence electrons. The number of thiophene rings is 2. The van der Waals surface area contributed by atoms with E-state index in [2.05, 4.69) is 75.0 Å². The van der Waals surface area contributed by atoms with E-state index in [0.717, 1.165) is 45.3 Å². The lowest BCUT2D eigenvalue weighted by Gasteiger charge is -2.22. The van der Waals surface area contributed by atoms with Crippen LogP contribution < -0.4 is 0 Å². The van der Waals surface area contributed by atoms with Crippen molar-refractivity contribution in [3.05, 3.63) is 116 Å². The molecule has 8 rings (SSSR count). The molecule has 4 aliphatic rings. The van der Waals surface area contributed by atoms with E-state index in [4.69, 9.17) is 0 Å². The second-order valence-electron chi connectivity index (χ2n) is 13.7. The van der Waals surface area contributed by atoms with Crippen molar-refractivity contribution in [3.8, 4) is 0 Å². The van der Waals surface area contributed by atoms with Crippen molar-refractivity contribution >= 4 is 77.6 Å². The minimum absolute atomic E-state index is 0.0179. The van der Waals surface area contributed by atoms with Crippen molar-refractivity contribution in [2.24, 2.45) is 0 Å². The van der Waals surface area contributed by atoms with E-state index in [-0.39, 0.29) is 33.9 Å². The maximum Gasteiger partial charge on any atom is 0.209 e. The van der Waals surface area contributed by atoms with Crippen molar-refractivity contribution in [1.82, 2.24) is 0 Å². The number of ketones is 2. The number of aliphatic hydroxyl groups excluding tert-OH is 2. The first-order valence-corrected chi connectivity index (χ1v) is 18.0. The van der Waals surface area contributed by atoms with E-state index in [1.54, 1.807) is 0 Å². The van der Waals surface area contributed by atoms with Crippen molar-refractivity contribution in [2.75, 3.05) is 13.1 Å². The van der Waals surface area contributed by atoms with Gasteiger partial charge in [-0.25, -0.2) is 0 Å². The van der Waals surface area contributed by atoms with Gasteiger partial charge in [0, 0.05) is 54.6 Å². The number of Topliss-reactive ketones (excluding diaryl/α,β-unsaturated/α-hetero) is 2. The smallest absolute Gasteiger partial charge is 0.209 e. The molecule has 0 saturated heterocycles. The minimum Gasteiger partial charge on any atom is -0.506 e. The van der Waals surface area contributed by atoms with Crippen molar-refractivity contribution in [2.45, 2.75) is 52.4 Å². The second-order valence-corrected chi connectivity index (χ2v) is 15.9. The van der Waals surface area contributed by atoms with Gasteiger partial charge in [0.25, 0.3) is 0 Å². The number of hydrogen-bond acceptors (Lipinski definition) is 6. The van der Waals surface area contributed by atoms with Crippen LogP contribution in [0.2, 0.25) is 0 Å². The summed E-state index contributed by atoms with van der Waals surface area (Å²) in [5.74, 6) is -0.303. The first kappa shape index (κ1) is 30.7. The Morgan fingerprint density at radius 3 is 1.38 bits per heavy atom. The first-order chi connectivity index (χ1) is 22.9. The molecule has 0 saturated carbocycles. The zero-order valence-corrected chi connectivity index (χ0v) is 29.4. The molecule has 0 atom stereocenters. The van der Waals surface area contributed by atoms with Gasteiger partial charge in [0.05, 0.1) is 33.1 Å². The molecule has 0 bridgehead atoms. The van der Waals surface area contributed by atoms with Crippen molar-refractivity contribution in [3.63, 3.8) is 0 Å². The molecule has 2 aliphatic heterocycles. The Morgan fingerprint density at radius 2 is 1.02 bits per heavy atom. The van der Waals surface area contributed by atoms with E-state index in [1.165, 1.54) is 33.8 Å². The molecule has 2 aliphatic carbocycles. The van der Waals surface area contributed by atoms with Crippen LogP contribution in [-0.2, 0) is 20.4 Å². The average molecular weight is 673 g/mol. The van der Waals surface area contributed by atoms with Gasteiger partial charge in [0.15, 0.2) is 11.4 Å². The molecule has 6 nitrogen and oxygen atoms in total. The summed E-state index contributed by atoms with van der Waals surface area (Å²) in [7, 11) is 0. The molecule has 0 amide bonds. The fraction of sp³-hybridized carbons (Fsp3) is 0.250. The molecule has 0 fully saturated rings. The second kappa shape index (κ2) is 10.4. The van der Waals surface area contributed by atoms with Gasteiger partial charge in [-0.1, -0.05) is 36.4 Å². The Labute approximate surface area is 287 Å². The standard InChI is InChI=1S/C40H34N2O4S2/c1-7-41-25-15-11-9-13-23(25)39(3,4)31(41)17-21-35(43)33(36(21)44)29-19-27-28(47-29)20-30(48-27)34-37(45)22(38(34)46)18-32-40(5,6)24-14-10-12-16-26(24)42(32)8-2/h9-20H,7-8H2,1-6H3/p+2. The molecular formula is C40H36N2O4S2+2. The number of hydrogen-bond donors (Lipinski definition) is 2. The molecule has 2 aromatic carbocycles. The maximum atomic E-state index is 13.5. The van der Waals surface area contributed by atoms with Crippen LogP contribution in [-0.4, -0.2) is 55.4 Å². The van der Waals surface area contributed by atoms with Crippen LogP contribution in [0.1, 0.15) is 62.4 Å². The number of aliphatic hydroxyl groups is 2. The predicted octanol–water partition coefficient (Wildman–Crippen LogP) is 8.71. The monoisotopic (exact) mass is 672 g/mol. The highest BCUT2D eigenvalue weighted by Crippen LogP contribution is 2.48. The molecule has 0 radical (unpaired) electrons. The third-order valence-corrected chi connectivity index (χ3v) is 12.7. The average Bonchev–Trinajstić information content (AvgIpc) is 3.74. The fourth-order valence-corrected chi connectivity index (χ4v) is 10.3. The Hall–Kier alpha value is -4.66. The predicted molar refractivity (Wildman–Crippen MR) is 195 cm³/mol. The van der Waals surface area contributed by atoms with Crippen molar-refractivity contribution in [1.29, 1.82) is 0 Å². The van der Waals surface area contributed by atoms with Crippen LogP contribution in [0, 0.1) is 0 Å². The van der Waals surface area contributed by atoms with Crippen LogP contribution >= 0.6 is 22.7 Å². The number of carbonyl (C=O) groups excluding carboxylic acids is 2. The normalized spacial score (nSPS) is 21.2. The number of carbonyl (C=O) groups is 2. The molecule has 0 spiro atoms. The summed E-state index contributed by atoms with van der Waals surface area (Å²) in [5, 5.41) is 22.3. The summed E-state index contributed by atoms with van der Waals surface area (Å²) in [6, 6.07) is 20.4. The molecular weight excluding hydrogens is 637 g/mol. The molecule has 48 heavy (non-hydrogen) atoms. The van der Waals surface area contributed by atoms with Gasteiger partial charge in [-0.2, -0.15) is 9.15 Å². The SMILES string of the molecule is CC[N+]1=C(/C=C2\C(=O)C(c3cc4sc(C5=C(O)/C(=C/C6=[N+](CC)c7ccccc7C6(C)C)C5=O)cc4s3)=C2O)C(C)(C)c2ccccc21. The summed E-state index contributed by atoms with van der Waals surface area (Å²) in [6.45, 7) is 14.3. The third-order valence-electron chi connectivity index (χ3n) is 10.4. The highest BCUT2D eigenvalue weighted by molar-refractivity contribution is 7.29. The highest BCUT2D eigenvalue weighted by atomic mass is 32.1. The van der Waals surface area contributed by atoms with E-state index < -0.39 is 0 Å². The molecule has 4 heterocycles. The van der Waals surface area contributed by atoms with Crippen LogP contribution in [0.4, 0.5) is 11.4 Å². The lowest BCUT2D eigenvalue weighted by molar-refractivity contribution is -0.433.